The van der Waals surface area contributed by atoms with Crippen LogP contribution in [0.5, 0.6) is 5.75 Å². The van der Waals surface area contributed by atoms with Crippen LogP contribution >= 0.6 is 15.9 Å². The number of hydrogen-bond donors (Lipinski definition) is 1. The van der Waals surface area contributed by atoms with Crippen molar-refractivity contribution in [2.24, 2.45) is 0 Å². The number of carbonyl (C=O) groups excluding carboxylic acids is 1. The molecular formula is C27H39BrN2O2. The van der Waals surface area contributed by atoms with Gasteiger partial charge in [-0.15, -0.1) is 0 Å². The molecule has 2 heterocycles. The van der Waals surface area contributed by atoms with E-state index in [4.69, 9.17) is 4.98 Å². The summed E-state index contributed by atoms with van der Waals surface area (Å²) in [6.07, 6.45) is 5.37. The van der Waals surface area contributed by atoms with Gasteiger partial charge in [0.25, 0.3) is 0 Å². The van der Waals surface area contributed by atoms with Gasteiger partial charge in [-0.2, -0.15) is 0 Å². The molecule has 176 valence electrons. The highest BCUT2D eigenvalue weighted by Gasteiger charge is 2.26. The summed E-state index contributed by atoms with van der Waals surface area (Å²) >= 11 is 3.54. The van der Waals surface area contributed by atoms with E-state index in [9.17, 15) is 9.90 Å². The smallest absolute Gasteiger partial charge is 0.219 e. The second-order valence-electron chi connectivity index (χ2n) is 6.99. The second-order valence-corrected chi connectivity index (χ2v) is 7.90. The lowest BCUT2D eigenvalue weighted by Crippen LogP contribution is -2.34. The van der Waals surface area contributed by atoms with Crippen molar-refractivity contribution in [3.63, 3.8) is 0 Å². The van der Waals surface area contributed by atoms with E-state index >= 15 is 0 Å². The summed E-state index contributed by atoms with van der Waals surface area (Å²) in [5.74, 6) is 0.447. The molecule has 1 aliphatic heterocycles. The molecule has 1 aliphatic carbocycles. The maximum Gasteiger partial charge on any atom is 0.219 e. The molecule has 4 rings (SSSR count). The molecule has 0 radical (unpaired) electrons. The van der Waals surface area contributed by atoms with Crippen LogP contribution in [0.1, 0.15) is 83.7 Å². The summed E-state index contributed by atoms with van der Waals surface area (Å²) in [7, 11) is 0. The zero-order valence-corrected chi connectivity index (χ0v) is 22.3. The number of pyridine rings is 1. The normalized spacial score (nSPS) is 14.2. The Labute approximate surface area is 202 Å². The van der Waals surface area contributed by atoms with Crippen LogP contribution < -0.4 is 0 Å². The van der Waals surface area contributed by atoms with Crippen molar-refractivity contribution in [2.45, 2.75) is 74.1 Å². The third-order valence-corrected chi connectivity index (χ3v) is 5.79. The first-order chi connectivity index (χ1) is 15.5. The molecule has 5 heteroatoms. The Morgan fingerprint density at radius 3 is 2.12 bits per heavy atom. The van der Waals surface area contributed by atoms with Crippen molar-refractivity contribution >= 4 is 27.4 Å². The standard InChI is InChI=1S/C21H21BrN2O2.3C2H6/c1-13(25)24-8-6-14(7-9-24)20-19-5-4-18(26)11-15(19)2-3-16-10-17(22)12-23-21(16)20;3*1-2/h4-5,10-12,26H,2-3,6-9H2,1H3;3*1-2H3. The van der Waals surface area contributed by atoms with E-state index in [2.05, 4.69) is 22.0 Å². The number of fused-ring (bicyclic) bond motifs is 2. The summed E-state index contributed by atoms with van der Waals surface area (Å²) in [6, 6.07) is 7.80. The minimum Gasteiger partial charge on any atom is -0.508 e. The summed E-state index contributed by atoms with van der Waals surface area (Å²) in [5, 5.41) is 9.95. The molecule has 2 aliphatic rings. The van der Waals surface area contributed by atoms with Gasteiger partial charge >= 0.3 is 0 Å². The zero-order valence-electron chi connectivity index (χ0n) is 20.8. The van der Waals surface area contributed by atoms with Crippen molar-refractivity contribution < 1.29 is 9.90 Å². The monoisotopic (exact) mass is 502 g/mol. The lowest BCUT2D eigenvalue weighted by Gasteiger charge is -2.29. The second kappa shape index (κ2) is 14.1. The van der Waals surface area contributed by atoms with Crippen LogP contribution in [0.4, 0.5) is 0 Å². The lowest BCUT2D eigenvalue weighted by molar-refractivity contribution is -0.129. The molecule has 0 spiro atoms. The zero-order chi connectivity index (χ0) is 24.3. The Morgan fingerprint density at radius 1 is 0.938 bits per heavy atom. The van der Waals surface area contributed by atoms with Crippen molar-refractivity contribution in [3.05, 3.63) is 62.9 Å². The number of benzene rings is 1. The molecule has 0 bridgehead atoms. The molecule has 0 atom stereocenters. The van der Waals surface area contributed by atoms with Gasteiger partial charge in [0.15, 0.2) is 0 Å². The Morgan fingerprint density at radius 2 is 1.53 bits per heavy atom. The maximum atomic E-state index is 11.7. The minimum absolute atomic E-state index is 0.141. The number of aromatic nitrogens is 1. The highest BCUT2D eigenvalue weighted by atomic mass is 79.9. The van der Waals surface area contributed by atoms with Crippen LogP contribution in [0.25, 0.3) is 5.57 Å². The van der Waals surface area contributed by atoms with Gasteiger partial charge in [-0.3, -0.25) is 9.78 Å². The number of likely N-dealkylation sites (tertiary alicyclic amines) is 1. The Kier molecular flexibility index (Phi) is 12.3. The number of aromatic hydroxyl groups is 1. The van der Waals surface area contributed by atoms with E-state index in [1.54, 1.807) is 13.0 Å². The van der Waals surface area contributed by atoms with Gasteiger partial charge in [0, 0.05) is 36.3 Å². The highest BCUT2D eigenvalue weighted by molar-refractivity contribution is 9.10. The molecule has 1 saturated heterocycles. The molecule has 1 amide bonds. The van der Waals surface area contributed by atoms with E-state index in [0.29, 0.717) is 5.75 Å². The molecule has 1 fully saturated rings. The molecule has 1 aromatic heterocycles. The van der Waals surface area contributed by atoms with Crippen molar-refractivity contribution in [1.82, 2.24) is 9.88 Å². The average Bonchev–Trinajstić information content (AvgIpc) is 2.99. The Hall–Kier alpha value is -2.14. The predicted octanol–water partition coefficient (Wildman–Crippen LogP) is 7.17. The number of aryl methyl sites for hydroxylation is 2. The topological polar surface area (TPSA) is 53.4 Å². The highest BCUT2D eigenvalue weighted by Crippen LogP contribution is 2.39. The fourth-order valence-corrected chi connectivity index (χ4v) is 4.40. The van der Waals surface area contributed by atoms with Gasteiger partial charge in [-0.05, 0) is 76.5 Å². The van der Waals surface area contributed by atoms with E-state index in [-0.39, 0.29) is 5.91 Å². The number of amides is 1. The molecule has 4 nitrogen and oxygen atoms in total. The number of rotatable bonds is 0. The predicted molar refractivity (Wildman–Crippen MR) is 139 cm³/mol. The Bertz CT molecular complexity index is 856. The third kappa shape index (κ3) is 6.68. The molecule has 0 unspecified atom stereocenters. The van der Waals surface area contributed by atoms with E-state index < -0.39 is 0 Å². The maximum absolute atomic E-state index is 11.7. The van der Waals surface area contributed by atoms with Gasteiger partial charge in [0.05, 0.1) is 5.69 Å². The molecular weight excluding hydrogens is 464 g/mol. The van der Waals surface area contributed by atoms with Crippen molar-refractivity contribution in [3.8, 4) is 5.75 Å². The Balaban J connectivity index is 0.000000789. The number of nitrogens with zero attached hydrogens (tertiary/aromatic N) is 2. The fraction of sp³-hybridized carbons (Fsp3) is 0.481. The quantitative estimate of drug-likeness (QED) is 0.415. The number of piperidine rings is 1. The first-order valence-corrected chi connectivity index (χ1v) is 12.8. The summed E-state index contributed by atoms with van der Waals surface area (Å²) in [5.41, 5.74) is 7.16. The van der Waals surface area contributed by atoms with Crippen molar-refractivity contribution in [2.75, 3.05) is 13.1 Å². The van der Waals surface area contributed by atoms with E-state index in [1.807, 2.05) is 64.8 Å². The van der Waals surface area contributed by atoms with Crippen molar-refractivity contribution in [1.29, 1.82) is 0 Å². The molecule has 32 heavy (non-hydrogen) atoms. The number of phenols is 1. The van der Waals surface area contributed by atoms with Gasteiger partial charge < -0.3 is 10.0 Å². The van der Waals surface area contributed by atoms with Gasteiger partial charge in [0.2, 0.25) is 5.91 Å². The minimum atomic E-state index is 0.141. The van der Waals surface area contributed by atoms with Gasteiger partial charge in [-0.1, -0.05) is 53.2 Å². The molecule has 1 N–H and O–H groups in total. The average molecular weight is 504 g/mol. The van der Waals surface area contributed by atoms with Gasteiger partial charge in [-0.25, -0.2) is 0 Å². The lowest BCUT2D eigenvalue weighted by atomic mass is 9.88. The first-order valence-electron chi connectivity index (χ1n) is 12.0. The molecule has 1 aromatic carbocycles. The number of phenolic OH excluding ortho intramolecular Hbond substituents is 1. The summed E-state index contributed by atoms with van der Waals surface area (Å²) in [6.45, 7) is 15.1. The SMILES string of the molecule is CC.CC.CC.CC(=O)N1CCC(=C2c3ccc(O)cc3CCc3cc(Br)cnc32)CC1. The van der Waals surface area contributed by atoms with Crippen LogP contribution in [0, 0.1) is 0 Å². The largest absolute Gasteiger partial charge is 0.508 e. The third-order valence-electron chi connectivity index (χ3n) is 5.36. The number of hydrogen-bond acceptors (Lipinski definition) is 3. The number of halogens is 1. The van der Waals surface area contributed by atoms with Crippen LogP contribution in [0.15, 0.2) is 40.5 Å². The van der Waals surface area contributed by atoms with Gasteiger partial charge in [0.1, 0.15) is 5.75 Å². The summed E-state index contributed by atoms with van der Waals surface area (Å²) < 4.78 is 0.987. The van der Waals surface area contributed by atoms with Crippen LogP contribution in [0.3, 0.4) is 0 Å². The van der Waals surface area contributed by atoms with Crippen LogP contribution in [-0.4, -0.2) is 34.0 Å². The van der Waals surface area contributed by atoms with E-state index in [1.165, 1.54) is 22.3 Å². The van der Waals surface area contributed by atoms with Crippen LogP contribution in [-0.2, 0) is 17.6 Å². The summed E-state index contributed by atoms with van der Waals surface area (Å²) in [4.78, 5) is 18.3. The van der Waals surface area contributed by atoms with Crippen LogP contribution in [0.2, 0.25) is 0 Å². The van der Waals surface area contributed by atoms with E-state index in [0.717, 1.165) is 54.5 Å². The molecule has 0 saturated carbocycles. The molecule has 2 aromatic rings. The first kappa shape index (κ1) is 27.9. The fourth-order valence-electron chi connectivity index (χ4n) is 4.02. The number of carbonyl (C=O) groups is 1.